The Morgan fingerprint density at radius 3 is 2.19 bits per heavy atom. The van der Waals surface area contributed by atoms with Crippen molar-refractivity contribution in [2.75, 3.05) is 13.7 Å². The highest BCUT2D eigenvalue weighted by Crippen LogP contribution is 2.19. The molecule has 0 atom stereocenters. The van der Waals surface area contributed by atoms with Gasteiger partial charge in [0.15, 0.2) is 0 Å². The van der Waals surface area contributed by atoms with Crippen LogP contribution in [0.5, 0.6) is 5.75 Å². The maximum atomic E-state index is 12.8. The predicted molar refractivity (Wildman–Crippen MR) is 76.2 cm³/mol. The van der Waals surface area contributed by atoms with E-state index in [0.29, 0.717) is 6.61 Å². The zero-order chi connectivity index (χ0) is 15.3. The molecule has 0 spiro atoms. The first-order chi connectivity index (χ1) is 10.0. The Hall–Kier alpha value is -1.92. The average molecular weight is 310 g/mol. The summed E-state index contributed by atoms with van der Waals surface area (Å²) < 4.78 is 46.8. The highest BCUT2D eigenvalue weighted by molar-refractivity contribution is 7.87. The van der Waals surface area contributed by atoms with Gasteiger partial charge in [-0.2, -0.15) is 8.42 Å². The van der Waals surface area contributed by atoms with Crippen molar-refractivity contribution in [3.05, 3.63) is 59.9 Å². The molecule has 0 aliphatic heterocycles. The maximum absolute atomic E-state index is 12.8. The molecule has 2 rings (SSSR count). The smallest absolute Gasteiger partial charge is 0.339 e. The normalized spacial score (nSPS) is 11.3. The van der Waals surface area contributed by atoms with Gasteiger partial charge in [0, 0.05) is 7.11 Å². The van der Waals surface area contributed by atoms with Crippen LogP contribution in [0.1, 0.15) is 5.56 Å². The number of benzene rings is 2. The molecular formula is C15H15FO4S. The van der Waals surface area contributed by atoms with Gasteiger partial charge in [-0.1, -0.05) is 12.1 Å². The summed E-state index contributed by atoms with van der Waals surface area (Å²) in [6.45, 7) is 0.591. The standard InChI is InChI=1S/C15H15FO4S/c1-19-11-10-12-2-6-14(7-3-12)20-21(17,18)15-8-4-13(16)5-9-15/h2-9H,10-11H2,1H3. The topological polar surface area (TPSA) is 52.6 Å². The fourth-order valence-electron chi connectivity index (χ4n) is 1.71. The van der Waals surface area contributed by atoms with Crippen molar-refractivity contribution < 1.29 is 21.7 Å². The second kappa shape index (κ2) is 6.69. The van der Waals surface area contributed by atoms with Gasteiger partial charge in [0.1, 0.15) is 16.5 Å². The summed E-state index contributed by atoms with van der Waals surface area (Å²) >= 11 is 0. The molecule has 0 saturated carbocycles. The van der Waals surface area contributed by atoms with Crippen LogP contribution in [0.25, 0.3) is 0 Å². The van der Waals surface area contributed by atoms with E-state index in [4.69, 9.17) is 8.92 Å². The first-order valence-electron chi connectivity index (χ1n) is 6.29. The first-order valence-corrected chi connectivity index (χ1v) is 7.70. The molecule has 4 nitrogen and oxygen atoms in total. The van der Waals surface area contributed by atoms with Gasteiger partial charge < -0.3 is 8.92 Å². The van der Waals surface area contributed by atoms with Gasteiger partial charge in [-0.25, -0.2) is 4.39 Å². The highest BCUT2D eigenvalue weighted by atomic mass is 32.2. The summed E-state index contributed by atoms with van der Waals surface area (Å²) in [7, 11) is -2.33. The molecule has 2 aromatic carbocycles. The molecule has 0 aliphatic rings. The Morgan fingerprint density at radius 1 is 1.00 bits per heavy atom. The molecule has 0 amide bonds. The molecule has 21 heavy (non-hydrogen) atoms. The number of ether oxygens (including phenoxy) is 1. The number of methoxy groups -OCH3 is 1. The van der Waals surface area contributed by atoms with Crippen LogP contribution in [-0.4, -0.2) is 22.1 Å². The van der Waals surface area contributed by atoms with Crippen molar-refractivity contribution in [3.63, 3.8) is 0 Å². The zero-order valence-electron chi connectivity index (χ0n) is 11.5. The molecule has 6 heteroatoms. The minimum absolute atomic E-state index is 0.0904. The van der Waals surface area contributed by atoms with Crippen LogP contribution < -0.4 is 4.18 Å². The van der Waals surface area contributed by atoms with Gasteiger partial charge in [0.2, 0.25) is 0 Å². The zero-order valence-corrected chi connectivity index (χ0v) is 12.3. The van der Waals surface area contributed by atoms with Crippen molar-refractivity contribution in [3.8, 4) is 5.75 Å². The maximum Gasteiger partial charge on any atom is 0.339 e. The monoisotopic (exact) mass is 310 g/mol. The van der Waals surface area contributed by atoms with Crippen LogP contribution in [0.3, 0.4) is 0 Å². The Morgan fingerprint density at radius 2 is 1.62 bits per heavy atom. The van der Waals surface area contributed by atoms with Crippen LogP contribution in [0, 0.1) is 5.82 Å². The largest absolute Gasteiger partial charge is 0.384 e. The molecule has 2 aromatic rings. The summed E-state index contributed by atoms with van der Waals surface area (Å²) in [5.74, 6) is -0.295. The number of hydrogen-bond acceptors (Lipinski definition) is 4. The average Bonchev–Trinajstić information content (AvgIpc) is 2.47. The molecule has 0 bridgehead atoms. The van der Waals surface area contributed by atoms with Gasteiger partial charge in [-0.15, -0.1) is 0 Å². The Bertz CT molecular complexity index is 679. The second-order valence-corrected chi connectivity index (χ2v) is 5.92. The van der Waals surface area contributed by atoms with Crippen molar-refractivity contribution >= 4 is 10.1 Å². The molecule has 0 aliphatic carbocycles. The van der Waals surface area contributed by atoms with Gasteiger partial charge in [-0.05, 0) is 48.4 Å². The van der Waals surface area contributed by atoms with Crippen LogP contribution >= 0.6 is 0 Å². The molecule has 0 aromatic heterocycles. The molecule has 112 valence electrons. The van der Waals surface area contributed by atoms with E-state index >= 15 is 0 Å². The fraction of sp³-hybridized carbons (Fsp3) is 0.200. The van der Waals surface area contributed by atoms with E-state index in [9.17, 15) is 12.8 Å². The van der Waals surface area contributed by atoms with E-state index in [2.05, 4.69) is 0 Å². The van der Waals surface area contributed by atoms with Gasteiger partial charge >= 0.3 is 10.1 Å². The molecule has 0 fully saturated rings. The van der Waals surface area contributed by atoms with E-state index in [-0.39, 0.29) is 10.6 Å². The van der Waals surface area contributed by atoms with E-state index in [0.717, 1.165) is 36.2 Å². The second-order valence-electron chi connectivity index (χ2n) is 4.38. The summed E-state index contributed by atoms with van der Waals surface area (Å²) in [5.41, 5.74) is 1.02. The van der Waals surface area contributed by atoms with E-state index in [1.54, 1.807) is 31.4 Å². The van der Waals surface area contributed by atoms with Crippen molar-refractivity contribution in [2.24, 2.45) is 0 Å². The molecule has 0 heterocycles. The van der Waals surface area contributed by atoms with E-state index in [1.807, 2.05) is 0 Å². The number of rotatable bonds is 6. The molecular weight excluding hydrogens is 295 g/mol. The summed E-state index contributed by atoms with van der Waals surface area (Å²) in [4.78, 5) is -0.0904. The summed E-state index contributed by atoms with van der Waals surface area (Å²) in [6, 6.07) is 11.2. The van der Waals surface area contributed by atoms with Crippen LogP contribution in [0.15, 0.2) is 53.4 Å². The Balaban J connectivity index is 2.11. The number of halogens is 1. The lowest BCUT2D eigenvalue weighted by Crippen LogP contribution is -2.09. The Kier molecular flexibility index (Phi) is 4.93. The molecule has 0 unspecified atom stereocenters. The SMILES string of the molecule is COCCc1ccc(OS(=O)(=O)c2ccc(F)cc2)cc1. The highest BCUT2D eigenvalue weighted by Gasteiger charge is 2.16. The van der Waals surface area contributed by atoms with Gasteiger partial charge in [-0.3, -0.25) is 0 Å². The molecule has 0 radical (unpaired) electrons. The predicted octanol–water partition coefficient (Wildman–Crippen LogP) is 2.78. The third kappa shape index (κ3) is 4.27. The first kappa shape index (κ1) is 15.5. The fourth-order valence-corrected chi connectivity index (χ4v) is 2.64. The summed E-state index contributed by atoms with van der Waals surface area (Å²) in [6.07, 6.45) is 0.738. The Labute approximate surface area is 123 Å². The van der Waals surface area contributed by atoms with Crippen molar-refractivity contribution in [1.82, 2.24) is 0 Å². The minimum atomic E-state index is -3.95. The molecule has 0 N–H and O–H groups in total. The van der Waals surface area contributed by atoms with Gasteiger partial charge in [0.25, 0.3) is 0 Å². The minimum Gasteiger partial charge on any atom is -0.384 e. The third-order valence-corrected chi connectivity index (χ3v) is 4.09. The lowest BCUT2D eigenvalue weighted by molar-refractivity contribution is 0.202. The van der Waals surface area contributed by atoms with Crippen LogP contribution in [0.4, 0.5) is 4.39 Å². The number of hydrogen-bond donors (Lipinski definition) is 0. The quantitative estimate of drug-likeness (QED) is 0.770. The lowest BCUT2D eigenvalue weighted by Gasteiger charge is -2.08. The summed E-state index contributed by atoms with van der Waals surface area (Å²) in [5, 5.41) is 0. The van der Waals surface area contributed by atoms with Crippen LogP contribution in [0.2, 0.25) is 0 Å². The lowest BCUT2D eigenvalue weighted by atomic mass is 10.1. The third-order valence-electron chi connectivity index (χ3n) is 2.83. The van der Waals surface area contributed by atoms with Gasteiger partial charge in [0.05, 0.1) is 6.61 Å². The van der Waals surface area contributed by atoms with E-state index in [1.165, 1.54) is 0 Å². The van der Waals surface area contributed by atoms with Crippen molar-refractivity contribution in [2.45, 2.75) is 11.3 Å². The molecule has 0 saturated heterocycles. The van der Waals surface area contributed by atoms with Crippen molar-refractivity contribution in [1.29, 1.82) is 0 Å². The van der Waals surface area contributed by atoms with Crippen LogP contribution in [-0.2, 0) is 21.3 Å². The van der Waals surface area contributed by atoms with E-state index < -0.39 is 15.9 Å².